The van der Waals surface area contributed by atoms with Gasteiger partial charge in [0.05, 0.1) is 5.92 Å². The lowest BCUT2D eigenvalue weighted by Gasteiger charge is -2.46. The van der Waals surface area contributed by atoms with Crippen LogP contribution in [0.5, 0.6) is 0 Å². The lowest BCUT2D eigenvalue weighted by atomic mass is 9.71. The number of pyridine rings is 1. The van der Waals surface area contributed by atoms with Gasteiger partial charge in [-0.05, 0) is 24.3 Å². The first-order chi connectivity index (χ1) is 9.09. The van der Waals surface area contributed by atoms with Crippen LogP contribution < -0.4 is 5.56 Å². The molecule has 0 aromatic carbocycles. The van der Waals surface area contributed by atoms with Crippen molar-refractivity contribution in [3.8, 4) is 0 Å². The average molecular weight is 258 g/mol. The number of likely N-dealkylation sites (tertiary alicyclic amines) is 1. The normalized spacial score (nSPS) is 39.4. The molecule has 0 radical (unpaired) electrons. The van der Waals surface area contributed by atoms with Crippen LogP contribution in [-0.4, -0.2) is 28.5 Å². The van der Waals surface area contributed by atoms with E-state index in [0.717, 1.165) is 18.7 Å². The lowest BCUT2D eigenvalue weighted by molar-refractivity contribution is -0.141. The molecule has 3 heterocycles. The summed E-state index contributed by atoms with van der Waals surface area (Å²) in [5, 5.41) is 0. The molecule has 2 aliphatic heterocycles. The van der Waals surface area contributed by atoms with Crippen molar-refractivity contribution in [1.29, 1.82) is 0 Å². The average Bonchev–Trinajstić information content (AvgIpc) is 2.68. The summed E-state index contributed by atoms with van der Waals surface area (Å²) in [5.74, 6) is 1.55. The summed E-state index contributed by atoms with van der Waals surface area (Å²) in [6.45, 7) is 3.04. The van der Waals surface area contributed by atoms with Gasteiger partial charge in [-0.1, -0.05) is 13.0 Å². The summed E-state index contributed by atoms with van der Waals surface area (Å²) >= 11 is 0. The molecule has 2 fully saturated rings. The molecule has 1 aromatic heterocycles. The molecule has 0 N–H and O–H groups in total. The van der Waals surface area contributed by atoms with Crippen molar-refractivity contribution in [2.24, 2.45) is 17.8 Å². The summed E-state index contributed by atoms with van der Waals surface area (Å²) in [5.41, 5.74) is 0.967. The second-order valence-electron chi connectivity index (χ2n) is 6.35. The molecule has 3 aliphatic rings. The minimum Gasteiger partial charge on any atom is -0.342 e. The van der Waals surface area contributed by atoms with E-state index in [1.54, 1.807) is 12.1 Å². The molecule has 1 aliphatic carbocycles. The van der Waals surface area contributed by atoms with Gasteiger partial charge in [-0.15, -0.1) is 0 Å². The Kier molecular flexibility index (Phi) is 2.07. The van der Waals surface area contributed by atoms with Gasteiger partial charge in [-0.2, -0.15) is 0 Å². The topological polar surface area (TPSA) is 42.3 Å². The first-order valence-corrected chi connectivity index (χ1v) is 7.06. The Morgan fingerprint density at radius 1 is 1.26 bits per heavy atom. The van der Waals surface area contributed by atoms with E-state index in [2.05, 4.69) is 6.92 Å². The van der Waals surface area contributed by atoms with Crippen LogP contribution in [0.2, 0.25) is 0 Å². The molecule has 4 heteroatoms. The van der Waals surface area contributed by atoms with Crippen molar-refractivity contribution in [1.82, 2.24) is 9.47 Å². The van der Waals surface area contributed by atoms with Gasteiger partial charge in [0.2, 0.25) is 5.91 Å². The molecule has 4 nitrogen and oxygen atoms in total. The molecule has 4 bridgehead atoms. The molecule has 4 rings (SSSR count). The Bertz CT molecular complexity index is 621. The summed E-state index contributed by atoms with van der Waals surface area (Å²) in [6, 6.07) is 5.67. The maximum atomic E-state index is 12.6. The number of hydrogen-bond acceptors (Lipinski definition) is 2. The van der Waals surface area contributed by atoms with E-state index >= 15 is 0 Å². The molecule has 1 saturated carbocycles. The summed E-state index contributed by atoms with van der Waals surface area (Å²) in [4.78, 5) is 26.6. The molecular formula is C15H18N2O2. The van der Waals surface area contributed by atoms with Crippen molar-refractivity contribution in [2.75, 3.05) is 7.05 Å². The zero-order chi connectivity index (χ0) is 13.3. The minimum absolute atomic E-state index is 0.0385. The van der Waals surface area contributed by atoms with Gasteiger partial charge < -0.3 is 9.47 Å². The highest BCUT2D eigenvalue weighted by atomic mass is 16.2. The predicted octanol–water partition coefficient (Wildman–Crippen LogP) is 1.06. The number of piperidine rings is 1. The Hall–Kier alpha value is -1.58. The Morgan fingerprint density at radius 2 is 2.05 bits per heavy atom. The molecule has 4 unspecified atom stereocenters. The highest BCUT2D eigenvalue weighted by Gasteiger charge is 2.57. The van der Waals surface area contributed by atoms with E-state index in [-0.39, 0.29) is 17.4 Å². The van der Waals surface area contributed by atoms with Gasteiger partial charge in [-0.3, -0.25) is 9.59 Å². The SMILES string of the molecule is C[C@@H]1CC2C3Cn4c(cccc4=O)C(C(=O)N2C)C31. The summed E-state index contributed by atoms with van der Waals surface area (Å²) in [6.07, 6.45) is 1.08. The Balaban J connectivity index is 1.97. The number of hydrogen-bond donors (Lipinski definition) is 0. The zero-order valence-corrected chi connectivity index (χ0v) is 11.2. The van der Waals surface area contributed by atoms with E-state index in [9.17, 15) is 9.59 Å². The fourth-order valence-electron chi connectivity index (χ4n) is 4.74. The third kappa shape index (κ3) is 1.24. The van der Waals surface area contributed by atoms with E-state index in [1.165, 1.54) is 0 Å². The van der Waals surface area contributed by atoms with Crippen LogP contribution in [0.25, 0.3) is 0 Å². The fraction of sp³-hybridized carbons (Fsp3) is 0.600. The molecule has 100 valence electrons. The van der Waals surface area contributed by atoms with Crippen LogP contribution in [0.15, 0.2) is 23.0 Å². The first kappa shape index (κ1) is 11.3. The van der Waals surface area contributed by atoms with Crippen LogP contribution in [0.3, 0.4) is 0 Å². The molecule has 1 aromatic rings. The lowest BCUT2D eigenvalue weighted by Crippen LogP contribution is -2.55. The van der Waals surface area contributed by atoms with E-state index in [0.29, 0.717) is 23.8 Å². The van der Waals surface area contributed by atoms with Gasteiger partial charge in [-0.25, -0.2) is 0 Å². The number of aromatic nitrogens is 1. The fourth-order valence-corrected chi connectivity index (χ4v) is 4.74. The van der Waals surface area contributed by atoms with Gasteiger partial charge in [0.25, 0.3) is 5.56 Å². The maximum absolute atomic E-state index is 12.6. The number of rotatable bonds is 0. The highest BCUT2D eigenvalue weighted by Crippen LogP contribution is 2.54. The van der Waals surface area contributed by atoms with Crippen LogP contribution in [0.1, 0.15) is 25.0 Å². The zero-order valence-electron chi connectivity index (χ0n) is 11.2. The number of carbonyl (C=O) groups excluding carboxylic acids is 1. The minimum atomic E-state index is -0.105. The largest absolute Gasteiger partial charge is 0.342 e. The van der Waals surface area contributed by atoms with E-state index < -0.39 is 0 Å². The second kappa shape index (κ2) is 3.50. The monoisotopic (exact) mass is 258 g/mol. The molecule has 19 heavy (non-hydrogen) atoms. The number of likely N-dealkylation sites (N-methyl/N-ethyl adjacent to an activating group) is 1. The van der Waals surface area contributed by atoms with E-state index in [1.807, 2.05) is 22.6 Å². The van der Waals surface area contributed by atoms with Crippen LogP contribution in [-0.2, 0) is 11.3 Å². The molecule has 5 atom stereocenters. The Morgan fingerprint density at radius 3 is 2.84 bits per heavy atom. The maximum Gasteiger partial charge on any atom is 0.250 e. The summed E-state index contributed by atoms with van der Waals surface area (Å²) in [7, 11) is 1.93. The van der Waals surface area contributed by atoms with Crippen molar-refractivity contribution < 1.29 is 4.79 Å². The number of carbonyl (C=O) groups is 1. The third-order valence-corrected chi connectivity index (χ3v) is 5.55. The highest BCUT2D eigenvalue weighted by molar-refractivity contribution is 5.85. The van der Waals surface area contributed by atoms with Crippen molar-refractivity contribution >= 4 is 5.91 Å². The molecule has 0 spiro atoms. The van der Waals surface area contributed by atoms with Gasteiger partial charge >= 0.3 is 0 Å². The summed E-state index contributed by atoms with van der Waals surface area (Å²) < 4.78 is 1.84. The van der Waals surface area contributed by atoms with Crippen LogP contribution >= 0.6 is 0 Å². The quantitative estimate of drug-likeness (QED) is 0.698. The number of fused-ring (bicyclic) bond motifs is 2. The van der Waals surface area contributed by atoms with Gasteiger partial charge in [0.1, 0.15) is 0 Å². The van der Waals surface area contributed by atoms with Crippen LogP contribution in [0.4, 0.5) is 0 Å². The molecule has 1 amide bonds. The van der Waals surface area contributed by atoms with Crippen molar-refractivity contribution in [3.63, 3.8) is 0 Å². The number of amides is 1. The Labute approximate surface area is 112 Å². The number of nitrogens with zero attached hydrogens (tertiary/aromatic N) is 2. The van der Waals surface area contributed by atoms with Crippen molar-refractivity contribution in [3.05, 3.63) is 34.2 Å². The third-order valence-electron chi connectivity index (χ3n) is 5.55. The predicted molar refractivity (Wildman–Crippen MR) is 70.8 cm³/mol. The van der Waals surface area contributed by atoms with Crippen molar-refractivity contribution in [2.45, 2.75) is 31.8 Å². The van der Waals surface area contributed by atoms with Gasteiger partial charge in [0, 0.05) is 37.3 Å². The van der Waals surface area contributed by atoms with E-state index in [4.69, 9.17) is 0 Å². The molecule has 1 saturated heterocycles. The standard InChI is InChI=1S/C15H18N2O2/c1-8-6-11-9-7-17-10(4-3-5-12(17)18)14(13(8)9)15(19)16(11)2/h3-5,8-9,11,13-14H,6-7H2,1-2H3/t8-,9?,11?,13?,14?/m1/s1. The smallest absolute Gasteiger partial charge is 0.250 e. The van der Waals surface area contributed by atoms with Gasteiger partial charge in [0.15, 0.2) is 0 Å². The second-order valence-corrected chi connectivity index (χ2v) is 6.35. The first-order valence-electron chi connectivity index (χ1n) is 7.06. The molecular weight excluding hydrogens is 240 g/mol. The van der Waals surface area contributed by atoms with Crippen LogP contribution in [0, 0.1) is 17.8 Å².